The molecule has 0 radical (unpaired) electrons. The van der Waals surface area contributed by atoms with Crippen molar-refractivity contribution in [1.82, 2.24) is 9.78 Å². The van der Waals surface area contributed by atoms with E-state index in [1.165, 1.54) is 12.1 Å². The minimum Gasteiger partial charge on any atom is -0.324 e. The third-order valence-corrected chi connectivity index (χ3v) is 3.06. The monoisotopic (exact) mass is 267 g/mol. The normalized spacial score (nSPS) is 12.7. The molecule has 96 valence electrons. The third kappa shape index (κ3) is 2.89. The van der Waals surface area contributed by atoms with E-state index < -0.39 is 6.04 Å². The minimum absolute atomic E-state index is 0.324. The molecule has 18 heavy (non-hydrogen) atoms. The molecule has 1 heterocycles. The largest absolute Gasteiger partial charge is 0.324 e. The molecule has 1 aromatic heterocycles. The third-order valence-electron chi connectivity index (χ3n) is 2.82. The van der Waals surface area contributed by atoms with Gasteiger partial charge in [-0.1, -0.05) is 11.6 Å². The van der Waals surface area contributed by atoms with Crippen molar-refractivity contribution in [1.29, 1.82) is 0 Å². The number of rotatable bonds is 4. The number of benzene rings is 1. The lowest BCUT2D eigenvalue weighted by Gasteiger charge is -2.12. The van der Waals surface area contributed by atoms with Gasteiger partial charge >= 0.3 is 0 Å². The Morgan fingerprint density at radius 1 is 1.50 bits per heavy atom. The van der Waals surface area contributed by atoms with Crippen molar-refractivity contribution in [3.8, 4) is 0 Å². The summed E-state index contributed by atoms with van der Waals surface area (Å²) in [6, 6.07) is 4.01. The van der Waals surface area contributed by atoms with Crippen LogP contribution >= 0.6 is 11.6 Å². The maximum absolute atomic E-state index is 13.6. The Balaban J connectivity index is 2.16. The van der Waals surface area contributed by atoms with Crippen molar-refractivity contribution in [3.05, 3.63) is 52.6 Å². The molecule has 0 spiro atoms. The highest BCUT2D eigenvalue weighted by molar-refractivity contribution is 6.30. The lowest BCUT2D eigenvalue weighted by atomic mass is 10.0. The maximum atomic E-state index is 13.6. The van der Waals surface area contributed by atoms with Gasteiger partial charge in [0.1, 0.15) is 5.82 Å². The number of aromatic nitrogens is 2. The highest BCUT2D eigenvalue weighted by atomic mass is 35.5. The lowest BCUT2D eigenvalue weighted by Crippen LogP contribution is -2.14. The number of nitrogens with two attached hydrogens (primary N) is 1. The topological polar surface area (TPSA) is 43.8 Å². The maximum Gasteiger partial charge on any atom is 0.128 e. The fraction of sp³-hybridized carbons (Fsp3) is 0.308. The predicted octanol–water partition coefficient (Wildman–Crippen LogP) is 2.94. The van der Waals surface area contributed by atoms with Crippen LogP contribution in [0.3, 0.4) is 0 Å². The van der Waals surface area contributed by atoms with Gasteiger partial charge in [0.05, 0.1) is 6.20 Å². The number of halogens is 2. The van der Waals surface area contributed by atoms with Crippen LogP contribution in [-0.2, 0) is 13.0 Å². The summed E-state index contributed by atoms with van der Waals surface area (Å²) in [5.41, 5.74) is 7.44. The summed E-state index contributed by atoms with van der Waals surface area (Å²) in [7, 11) is 0. The van der Waals surface area contributed by atoms with E-state index in [0.29, 0.717) is 17.0 Å². The summed E-state index contributed by atoms with van der Waals surface area (Å²) < 4.78 is 15.5. The number of hydrogen-bond donors (Lipinski definition) is 1. The van der Waals surface area contributed by atoms with Crippen LogP contribution in [0.5, 0.6) is 0 Å². The van der Waals surface area contributed by atoms with Crippen molar-refractivity contribution in [3.63, 3.8) is 0 Å². The van der Waals surface area contributed by atoms with Gasteiger partial charge in [0, 0.05) is 29.4 Å². The quantitative estimate of drug-likeness (QED) is 0.926. The first-order valence-corrected chi connectivity index (χ1v) is 6.19. The van der Waals surface area contributed by atoms with Gasteiger partial charge in [0.15, 0.2) is 0 Å². The van der Waals surface area contributed by atoms with E-state index >= 15 is 0 Å². The summed E-state index contributed by atoms with van der Waals surface area (Å²) in [5.74, 6) is -0.324. The van der Waals surface area contributed by atoms with E-state index in [-0.39, 0.29) is 5.82 Å². The van der Waals surface area contributed by atoms with Gasteiger partial charge in [-0.15, -0.1) is 0 Å². The molecule has 0 saturated carbocycles. The first-order chi connectivity index (χ1) is 8.60. The number of nitrogens with zero attached hydrogens (tertiary/aromatic N) is 2. The van der Waals surface area contributed by atoms with Gasteiger partial charge in [-0.3, -0.25) is 4.68 Å². The second-order valence-electron chi connectivity index (χ2n) is 4.18. The molecule has 0 saturated heterocycles. The Bertz CT molecular complexity index is 539. The summed E-state index contributed by atoms with van der Waals surface area (Å²) in [6.45, 7) is 2.81. The van der Waals surface area contributed by atoms with E-state index in [4.69, 9.17) is 17.3 Å². The Hall–Kier alpha value is -1.39. The molecule has 0 aliphatic rings. The van der Waals surface area contributed by atoms with E-state index in [0.717, 1.165) is 12.1 Å². The van der Waals surface area contributed by atoms with Gasteiger partial charge in [0.25, 0.3) is 0 Å². The second-order valence-corrected chi connectivity index (χ2v) is 4.62. The van der Waals surface area contributed by atoms with Crippen LogP contribution in [0.1, 0.15) is 24.1 Å². The summed E-state index contributed by atoms with van der Waals surface area (Å²) in [5, 5.41) is 4.65. The molecule has 2 N–H and O–H groups in total. The van der Waals surface area contributed by atoms with Crippen LogP contribution in [0.25, 0.3) is 0 Å². The van der Waals surface area contributed by atoms with Crippen LogP contribution in [0, 0.1) is 5.82 Å². The standard InChI is InChI=1S/C13H15ClFN3/c1-2-18-8-9(7-17-18)5-13(16)11-6-10(14)3-4-12(11)15/h3-4,6-8,13H,2,5,16H2,1H3. The van der Waals surface area contributed by atoms with E-state index in [1.807, 2.05) is 17.8 Å². The van der Waals surface area contributed by atoms with Crippen molar-refractivity contribution in [2.24, 2.45) is 5.73 Å². The van der Waals surface area contributed by atoms with Crippen molar-refractivity contribution in [2.45, 2.75) is 25.9 Å². The van der Waals surface area contributed by atoms with Gasteiger partial charge in [-0.05, 0) is 37.1 Å². The molecule has 3 nitrogen and oxygen atoms in total. The van der Waals surface area contributed by atoms with Gasteiger partial charge < -0.3 is 5.73 Å². The fourth-order valence-electron chi connectivity index (χ4n) is 1.85. The van der Waals surface area contributed by atoms with Crippen molar-refractivity contribution in [2.75, 3.05) is 0 Å². The highest BCUT2D eigenvalue weighted by Crippen LogP contribution is 2.22. The zero-order valence-electron chi connectivity index (χ0n) is 10.1. The number of hydrogen-bond acceptors (Lipinski definition) is 2. The molecule has 1 atom stereocenters. The average Bonchev–Trinajstić information content (AvgIpc) is 2.80. The van der Waals surface area contributed by atoms with E-state index in [1.54, 1.807) is 12.3 Å². The SMILES string of the molecule is CCn1cc(CC(N)c2cc(Cl)ccc2F)cn1. The fourth-order valence-corrected chi connectivity index (χ4v) is 2.03. The Kier molecular flexibility index (Phi) is 3.99. The minimum atomic E-state index is -0.418. The van der Waals surface area contributed by atoms with Crippen molar-refractivity contribution < 1.29 is 4.39 Å². The molecule has 0 aliphatic heterocycles. The van der Waals surface area contributed by atoms with Crippen molar-refractivity contribution >= 4 is 11.6 Å². The van der Waals surface area contributed by atoms with Crippen LogP contribution in [0.4, 0.5) is 4.39 Å². The first kappa shape index (κ1) is 13.1. The van der Waals surface area contributed by atoms with Crippen LogP contribution in [0.15, 0.2) is 30.6 Å². The van der Waals surface area contributed by atoms with Gasteiger partial charge in [0.2, 0.25) is 0 Å². The van der Waals surface area contributed by atoms with Crippen LogP contribution in [-0.4, -0.2) is 9.78 Å². The van der Waals surface area contributed by atoms with Gasteiger partial charge in [-0.2, -0.15) is 5.10 Å². The smallest absolute Gasteiger partial charge is 0.128 e. The molecule has 1 aromatic carbocycles. The summed E-state index contributed by atoms with van der Waals surface area (Å²) in [6.07, 6.45) is 4.21. The molecule has 0 fully saturated rings. The highest BCUT2D eigenvalue weighted by Gasteiger charge is 2.13. The van der Waals surface area contributed by atoms with Crippen LogP contribution < -0.4 is 5.73 Å². The van der Waals surface area contributed by atoms with Crippen LogP contribution in [0.2, 0.25) is 5.02 Å². The zero-order valence-corrected chi connectivity index (χ0v) is 10.9. The molecule has 2 aromatic rings. The van der Waals surface area contributed by atoms with E-state index in [2.05, 4.69) is 5.10 Å². The molecule has 1 unspecified atom stereocenters. The zero-order chi connectivity index (χ0) is 13.1. The first-order valence-electron chi connectivity index (χ1n) is 5.82. The molecule has 0 amide bonds. The summed E-state index contributed by atoms with van der Waals surface area (Å²) in [4.78, 5) is 0. The second kappa shape index (κ2) is 5.50. The molecule has 0 aliphatic carbocycles. The van der Waals surface area contributed by atoms with E-state index in [9.17, 15) is 4.39 Å². The molecule has 2 rings (SSSR count). The lowest BCUT2D eigenvalue weighted by molar-refractivity contribution is 0.580. The Labute approximate surface area is 110 Å². The molecular weight excluding hydrogens is 253 g/mol. The van der Waals surface area contributed by atoms with Gasteiger partial charge in [-0.25, -0.2) is 4.39 Å². The molecular formula is C13H15ClFN3. The Morgan fingerprint density at radius 2 is 2.28 bits per heavy atom. The molecule has 0 bridgehead atoms. The molecule has 5 heteroatoms. The predicted molar refractivity (Wildman–Crippen MR) is 69.9 cm³/mol. The number of aryl methyl sites for hydroxylation is 1. The summed E-state index contributed by atoms with van der Waals surface area (Å²) >= 11 is 5.85. The average molecular weight is 268 g/mol. The Morgan fingerprint density at radius 3 is 2.94 bits per heavy atom.